The van der Waals surface area contributed by atoms with Crippen LogP contribution in [0.15, 0.2) is 0 Å². The van der Waals surface area contributed by atoms with Crippen molar-refractivity contribution >= 4 is 23.9 Å². The summed E-state index contributed by atoms with van der Waals surface area (Å²) in [6, 6.07) is 0. The third kappa shape index (κ3) is 126000. The summed E-state index contributed by atoms with van der Waals surface area (Å²) >= 11 is 0. The number of hydrogen-bond acceptors (Lipinski definition) is 6. The van der Waals surface area contributed by atoms with E-state index >= 15 is 0 Å². The maximum atomic E-state index is 9.00. The Morgan fingerprint density at radius 2 is 0.650 bits per heavy atom. The van der Waals surface area contributed by atoms with E-state index in [4.69, 9.17) is 39.6 Å². The summed E-state index contributed by atoms with van der Waals surface area (Å²) in [5.41, 5.74) is 0. The molecule has 0 saturated heterocycles. The molecule has 0 aliphatic rings. The second-order valence-electron chi connectivity index (χ2n) is 2.02. The molecule has 0 spiro atoms. The molecule has 0 aromatic carbocycles. The van der Waals surface area contributed by atoms with E-state index in [1.165, 1.54) is 0 Å². The molecule has 0 radical (unpaired) electrons. The summed E-state index contributed by atoms with van der Waals surface area (Å²) in [6.07, 6.45) is 0. The van der Waals surface area contributed by atoms with E-state index in [1.54, 1.807) is 0 Å². The van der Waals surface area contributed by atoms with Gasteiger partial charge in [-0.25, -0.2) is 0 Å². The van der Waals surface area contributed by atoms with Gasteiger partial charge in [0.05, 0.1) is 0 Å². The SMILES string of the molecule is CC(=O)O.CC(=O)O.CC(=O)[O-].CC(=O)[O-].O.O.[Na+].[Na+]. The zero-order chi connectivity index (χ0) is 14.3. The number of aliphatic carboxylic acids is 4. The van der Waals surface area contributed by atoms with Crippen LogP contribution in [0.25, 0.3) is 0 Å². The van der Waals surface area contributed by atoms with Gasteiger partial charge in [0.25, 0.3) is 11.9 Å². The molecule has 0 aromatic heterocycles. The topological polar surface area (TPSA) is 218 Å². The smallest absolute Gasteiger partial charge is 0.550 e. The van der Waals surface area contributed by atoms with Gasteiger partial charge in [0, 0.05) is 25.8 Å². The summed E-state index contributed by atoms with van der Waals surface area (Å²) in [5.74, 6) is -3.83. The molecule has 0 aromatic rings. The van der Waals surface area contributed by atoms with Gasteiger partial charge in [0.2, 0.25) is 0 Å². The van der Waals surface area contributed by atoms with Gasteiger partial charge in [-0.05, 0) is 13.8 Å². The van der Waals surface area contributed by atoms with Crippen LogP contribution in [0.4, 0.5) is 0 Å². The van der Waals surface area contributed by atoms with Gasteiger partial charge in [0.15, 0.2) is 0 Å². The second kappa shape index (κ2) is 42.8. The Balaban J connectivity index is -0.0000000150. The fourth-order valence-corrected chi connectivity index (χ4v) is 0. The molecule has 6 N–H and O–H groups in total. The molecule has 12 heteroatoms. The van der Waals surface area contributed by atoms with E-state index in [2.05, 4.69) is 0 Å². The van der Waals surface area contributed by atoms with Crippen molar-refractivity contribution in [3.63, 3.8) is 0 Å². The van der Waals surface area contributed by atoms with E-state index < -0.39 is 23.9 Å². The number of carbonyl (C=O) groups is 4. The van der Waals surface area contributed by atoms with Crippen LogP contribution in [0.3, 0.4) is 0 Å². The molecule has 0 atom stereocenters. The molecular weight excluding hydrogens is 302 g/mol. The summed E-state index contributed by atoms with van der Waals surface area (Å²) in [7, 11) is 0. The average molecular weight is 320 g/mol. The third-order valence-corrected chi connectivity index (χ3v) is 0. The van der Waals surface area contributed by atoms with Crippen molar-refractivity contribution in [3.8, 4) is 0 Å². The number of carbonyl (C=O) groups excluding carboxylic acids is 2. The Morgan fingerprint density at radius 3 is 0.650 bits per heavy atom. The van der Waals surface area contributed by atoms with Gasteiger partial charge in [-0.1, -0.05) is 0 Å². The van der Waals surface area contributed by atoms with Gasteiger partial charge < -0.3 is 41.0 Å². The Hall–Kier alpha value is -0.200. The van der Waals surface area contributed by atoms with Crippen LogP contribution in [-0.4, -0.2) is 45.0 Å². The van der Waals surface area contributed by atoms with Crippen LogP contribution in [-0.2, 0) is 19.2 Å². The molecule has 0 rings (SSSR count). The largest absolute Gasteiger partial charge is 1.00 e. The first-order valence-corrected chi connectivity index (χ1v) is 3.67. The number of hydrogen-bond donors (Lipinski definition) is 2. The van der Waals surface area contributed by atoms with E-state index in [1.807, 2.05) is 0 Å². The van der Waals surface area contributed by atoms with Crippen LogP contribution < -0.4 is 69.3 Å². The van der Waals surface area contributed by atoms with Crippen molar-refractivity contribution in [3.05, 3.63) is 0 Å². The number of carboxylic acids is 4. The van der Waals surface area contributed by atoms with Crippen molar-refractivity contribution in [2.45, 2.75) is 27.7 Å². The summed E-state index contributed by atoms with van der Waals surface area (Å²) < 4.78 is 0. The van der Waals surface area contributed by atoms with Crippen molar-refractivity contribution < 1.29 is 110 Å². The normalized spacial score (nSPS) is 5.00. The molecule has 0 amide bonds. The van der Waals surface area contributed by atoms with Gasteiger partial charge in [-0.15, -0.1) is 0 Å². The fourth-order valence-electron chi connectivity index (χ4n) is 0. The fraction of sp³-hybridized carbons (Fsp3) is 0.500. The molecule has 0 fully saturated rings. The first kappa shape index (κ1) is 50.3. The average Bonchev–Trinajstić information content (AvgIpc) is 1.76. The number of rotatable bonds is 0. The Bertz CT molecular complexity index is 167. The second-order valence-corrected chi connectivity index (χ2v) is 2.02. The molecule has 20 heavy (non-hydrogen) atoms. The molecule has 0 unspecified atom stereocenters. The molecule has 0 bridgehead atoms. The van der Waals surface area contributed by atoms with Crippen LogP contribution in [0.2, 0.25) is 0 Å². The Labute approximate surface area is 160 Å². The van der Waals surface area contributed by atoms with Gasteiger partial charge >= 0.3 is 59.1 Å². The maximum Gasteiger partial charge on any atom is 1.00 e. The van der Waals surface area contributed by atoms with Gasteiger partial charge in [-0.2, -0.15) is 0 Å². The molecule has 0 aliphatic heterocycles. The summed E-state index contributed by atoms with van der Waals surface area (Å²) in [5, 5.41) is 32.6. The quantitative estimate of drug-likeness (QED) is 0.407. The zero-order valence-electron chi connectivity index (χ0n) is 12.3. The Morgan fingerprint density at radius 1 is 0.650 bits per heavy atom. The van der Waals surface area contributed by atoms with Crippen LogP contribution >= 0.6 is 0 Å². The van der Waals surface area contributed by atoms with Crippen LogP contribution in [0, 0.1) is 0 Å². The third-order valence-electron chi connectivity index (χ3n) is 0. The van der Waals surface area contributed by atoms with Crippen molar-refractivity contribution in [2.75, 3.05) is 0 Å². The molecular formula is C8H18Na2O10. The minimum absolute atomic E-state index is 0. The molecule has 112 valence electrons. The minimum Gasteiger partial charge on any atom is -0.550 e. The summed E-state index contributed by atoms with van der Waals surface area (Å²) in [6.45, 7) is 4.11. The van der Waals surface area contributed by atoms with Crippen molar-refractivity contribution in [1.29, 1.82) is 0 Å². The minimum atomic E-state index is -1.08. The maximum absolute atomic E-state index is 9.00. The van der Waals surface area contributed by atoms with Gasteiger partial charge in [-0.3, -0.25) is 9.59 Å². The van der Waals surface area contributed by atoms with Gasteiger partial charge in [0.1, 0.15) is 0 Å². The molecule has 10 nitrogen and oxygen atoms in total. The van der Waals surface area contributed by atoms with Crippen LogP contribution in [0.1, 0.15) is 27.7 Å². The predicted molar refractivity (Wildman–Crippen MR) is 55.2 cm³/mol. The van der Waals surface area contributed by atoms with Crippen LogP contribution in [0.5, 0.6) is 0 Å². The van der Waals surface area contributed by atoms with E-state index in [0.29, 0.717) is 0 Å². The van der Waals surface area contributed by atoms with E-state index in [-0.39, 0.29) is 70.1 Å². The molecule has 0 aliphatic carbocycles. The first-order chi connectivity index (χ1) is 6.93. The van der Waals surface area contributed by atoms with Crippen molar-refractivity contribution in [1.82, 2.24) is 0 Å². The molecule has 0 saturated carbocycles. The first-order valence-electron chi connectivity index (χ1n) is 3.67. The standard InChI is InChI=1S/4C2H4O2.2Na.2H2O/c4*1-2(3)4;;;;/h4*1H3,(H,3,4);;;2*1H2/q;;;;2*+1;;/p-2. The predicted octanol–water partition coefficient (Wildman–Crippen LogP) is -9.95. The monoisotopic (exact) mass is 320 g/mol. The zero-order valence-corrected chi connectivity index (χ0v) is 16.3. The van der Waals surface area contributed by atoms with E-state index in [0.717, 1.165) is 27.7 Å². The van der Waals surface area contributed by atoms with E-state index in [9.17, 15) is 0 Å². The Kier molecular flexibility index (Phi) is 108. The molecule has 0 heterocycles. The number of carboxylic acid groups (broad SMARTS) is 4. The summed E-state index contributed by atoms with van der Waals surface area (Å²) in [4.78, 5) is 35.8. The van der Waals surface area contributed by atoms with Crippen molar-refractivity contribution in [2.24, 2.45) is 0 Å².